The van der Waals surface area contributed by atoms with E-state index in [9.17, 15) is 4.79 Å². The third-order valence-corrected chi connectivity index (χ3v) is 3.43. The van der Waals surface area contributed by atoms with Gasteiger partial charge in [0.05, 0.1) is 17.2 Å². The van der Waals surface area contributed by atoms with E-state index >= 15 is 0 Å². The van der Waals surface area contributed by atoms with Crippen molar-refractivity contribution in [3.05, 3.63) is 28.2 Å². The van der Waals surface area contributed by atoms with Crippen LogP contribution in [0, 0.1) is 0 Å². The van der Waals surface area contributed by atoms with Gasteiger partial charge in [0.15, 0.2) is 0 Å². The van der Waals surface area contributed by atoms with E-state index in [1.54, 1.807) is 11.0 Å². The zero-order chi connectivity index (χ0) is 14.3. The van der Waals surface area contributed by atoms with Crippen LogP contribution in [0.5, 0.6) is 5.75 Å². The number of amides is 1. The average molecular weight is 306 g/mol. The predicted octanol–water partition coefficient (Wildman–Crippen LogP) is 3.94. The van der Waals surface area contributed by atoms with Crippen LogP contribution in [0.25, 0.3) is 0 Å². The zero-order valence-electron chi connectivity index (χ0n) is 10.7. The standard InChI is InChI=1S/C7H13NO2.C6H4Cl2O/c1-10-7(9)8-5-3-2-4-6-8;7-5-2-1-4(9)3-6(5)8/h2-6H2,1H3;1-3,9H. The molecule has 0 radical (unpaired) electrons. The number of likely N-dealkylation sites (tertiary alicyclic amines) is 1. The van der Waals surface area contributed by atoms with Crippen molar-refractivity contribution in [3.8, 4) is 5.75 Å². The normalized spacial score (nSPS) is 14.4. The summed E-state index contributed by atoms with van der Waals surface area (Å²) >= 11 is 11.1. The smallest absolute Gasteiger partial charge is 0.409 e. The number of rotatable bonds is 0. The third kappa shape index (κ3) is 5.57. The van der Waals surface area contributed by atoms with Crippen molar-refractivity contribution in [1.82, 2.24) is 4.90 Å². The number of phenols is 1. The minimum absolute atomic E-state index is 0.129. The van der Waals surface area contributed by atoms with E-state index in [2.05, 4.69) is 4.74 Å². The number of hydrogen-bond acceptors (Lipinski definition) is 3. The molecule has 106 valence electrons. The molecule has 0 aromatic heterocycles. The molecule has 4 nitrogen and oxygen atoms in total. The van der Waals surface area contributed by atoms with Crippen molar-refractivity contribution in [2.24, 2.45) is 0 Å². The van der Waals surface area contributed by atoms with Crippen molar-refractivity contribution >= 4 is 29.3 Å². The van der Waals surface area contributed by atoms with Gasteiger partial charge in [0.2, 0.25) is 0 Å². The van der Waals surface area contributed by atoms with Crippen LogP contribution in [-0.4, -0.2) is 36.3 Å². The molecule has 0 atom stereocenters. The molecule has 19 heavy (non-hydrogen) atoms. The van der Waals surface area contributed by atoms with E-state index in [0.717, 1.165) is 25.9 Å². The molecule has 6 heteroatoms. The Bertz CT molecular complexity index is 420. The molecule has 0 bridgehead atoms. The first kappa shape index (κ1) is 15.9. The Morgan fingerprint density at radius 2 is 1.84 bits per heavy atom. The molecule has 2 rings (SSSR count). The lowest BCUT2D eigenvalue weighted by Gasteiger charge is -2.24. The number of aromatic hydroxyl groups is 1. The maximum atomic E-state index is 10.9. The van der Waals surface area contributed by atoms with E-state index in [4.69, 9.17) is 28.3 Å². The number of benzene rings is 1. The van der Waals surface area contributed by atoms with E-state index < -0.39 is 0 Å². The Hall–Kier alpha value is -1.13. The fourth-order valence-corrected chi connectivity index (χ4v) is 1.98. The molecule has 0 aliphatic carbocycles. The maximum Gasteiger partial charge on any atom is 0.409 e. The van der Waals surface area contributed by atoms with Crippen LogP contribution < -0.4 is 0 Å². The van der Waals surface area contributed by atoms with Crippen LogP contribution in [0.2, 0.25) is 10.0 Å². The van der Waals surface area contributed by atoms with Crippen molar-refractivity contribution < 1.29 is 14.6 Å². The second-order valence-electron chi connectivity index (χ2n) is 4.12. The first-order valence-electron chi connectivity index (χ1n) is 6.01. The summed E-state index contributed by atoms with van der Waals surface area (Å²) in [7, 11) is 1.43. The van der Waals surface area contributed by atoms with Gasteiger partial charge >= 0.3 is 6.09 Å². The number of halogens is 2. The van der Waals surface area contributed by atoms with Crippen LogP contribution in [0.15, 0.2) is 18.2 Å². The summed E-state index contributed by atoms with van der Waals surface area (Å²) in [6.45, 7) is 1.74. The zero-order valence-corrected chi connectivity index (χ0v) is 12.2. The van der Waals surface area contributed by atoms with Crippen LogP contribution in [0.1, 0.15) is 19.3 Å². The molecule has 1 N–H and O–H groups in total. The molecule has 1 aromatic carbocycles. The maximum absolute atomic E-state index is 10.9. The molecule has 1 amide bonds. The molecular weight excluding hydrogens is 289 g/mol. The molecule has 1 fully saturated rings. The van der Waals surface area contributed by atoms with Gasteiger partial charge in [-0.1, -0.05) is 23.2 Å². The van der Waals surface area contributed by atoms with E-state index in [1.807, 2.05) is 0 Å². The Morgan fingerprint density at radius 1 is 1.21 bits per heavy atom. The van der Waals surface area contributed by atoms with Crippen molar-refractivity contribution in [2.45, 2.75) is 19.3 Å². The molecule has 0 spiro atoms. The van der Waals surface area contributed by atoms with E-state index in [0.29, 0.717) is 10.0 Å². The highest BCUT2D eigenvalue weighted by atomic mass is 35.5. The largest absolute Gasteiger partial charge is 0.508 e. The van der Waals surface area contributed by atoms with Crippen LogP contribution in [0.3, 0.4) is 0 Å². The van der Waals surface area contributed by atoms with Gasteiger partial charge < -0.3 is 14.7 Å². The van der Waals surface area contributed by atoms with E-state index in [-0.39, 0.29) is 11.8 Å². The number of carbonyl (C=O) groups is 1. The predicted molar refractivity (Wildman–Crippen MR) is 76.0 cm³/mol. The summed E-state index contributed by atoms with van der Waals surface area (Å²) in [5.41, 5.74) is 0. The molecule has 0 saturated carbocycles. The highest BCUT2D eigenvalue weighted by molar-refractivity contribution is 6.42. The van der Waals surface area contributed by atoms with Gasteiger partial charge in [0.25, 0.3) is 0 Å². The number of nitrogens with zero attached hydrogens (tertiary/aromatic N) is 1. The number of carbonyl (C=O) groups excluding carboxylic acids is 1. The number of phenolic OH excluding ortho intramolecular Hbond substituents is 1. The highest BCUT2D eigenvalue weighted by Gasteiger charge is 2.15. The molecule has 1 aliphatic rings. The van der Waals surface area contributed by atoms with Crippen LogP contribution in [-0.2, 0) is 4.74 Å². The number of ether oxygens (including phenoxy) is 1. The Labute approximate surface area is 122 Å². The molecule has 1 saturated heterocycles. The van der Waals surface area contributed by atoms with Gasteiger partial charge in [-0.2, -0.15) is 0 Å². The molecule has 1 aliphatic heterocycles. The Balaban J connectivity index is 0.000000191. The van der Waals surface area contributed by atoms with Gasteiger partial charge in [0, 0.05) is 13.1 Å². The third-order valence-electron chi connectivity index (χ3n) is 2.69. The van der Waals surface area contributed by atoms with Gasteiger partial charge in [0.1, 0.15) is 5.75 Å². The first-order valence-corrected chi connectivity index (χ1v) is 6.77. The fraction of sp³-hybridized carbons (Fsp3) is 0.462. The van der Waals surface area contributed by atoms with Crippen molar-refractivity contribution in [2.75, 3.05) is 20.2 Å². The summed E-state index contributed by atoms with van der Waals surface area (Å²) in [6.07, 6.45) is 3.30. The van der Waals surface area contributed by atoms with Crippen molar-refractivity contribution in [1.29, 1.82) is 0 Å². The summed E-state index contributed by atoms with van der Waals surface area (Å²) < 4.78 is 4.58. The number of methoxy groups -OCH3 is 1. The molecule has 0 unspecified atom stereocenters. The summed E-state index contributed by atoms with van der Waals surface area (Å²) in [5, 5.41) is 9.62. The van der Waals surface area contributed by atoms with Crippen LogP contribution in [0.4, 0.5) is 4.79 Å². The minimum Gasteiger partial charge on any atom is -0.508 e. The number of hydrogen-bond donors (Lipinski definition) is 1. The lowest BCUT2D eigenvalue weighted by atomic mass is 10.1. The molecule has 1 aromatic rings. The highest BCUT2D eigenvalue weighted by Crippen LogP contribution is 2.25. The second-order valence-corrected chi connectivity index (χ2v) is 4.93. The van der Waals surface area contributed by atoms with Gasteiger partial charge in [-0.15, -0.1) is 0 Å². The lowest BCUT2D eigenvalue weighted by molar-refractivity contribution is 0.115. The Kier molecular flexibility index (Phi) is 6.81. The van der Waals surface area contributed by atoms with Gasteiger partial charge in [-0.05, 0) is 37.5 Å². The van der Waals surface area contributed by atoms with Gasteiger partial charge in [-0.3, -0.25) is 0 Å². The lowest BCUT2D eigenvalue weighted by Crippen LogP contribution is -2.35. The average Bonchev–Trinajstić information content (AvgIpc) is 2.44. The van der Waals surface area contributed by atoms with Gasteiger partial charge in [-0.25, -0.2) is 4.79 Å². The SMILES string of the molecule is COC(=O)N1CCCCC1.Oc1ccc(Cl)c(Cl)c1. The van der Waals surface area contributed by atoms with Crippen molar-refractivity contribution in [3.63, 3.8) is 0 Å². The summed E-state index contributed by atoms with van der Waals surface area (Å²) in [6, 6.07) is 4.41. The first-order chi connectivity index (χ1) is 9.04. The van der Waals surface area contributed by atoms with Crippen LogP contribution >= 0.6 is 23.2 Å². The summed E-state index contributed by atoms with van der Waals surface area (Å²) in [4.78, 5) is 12.6. The molecule has 1 heterocycles. The summed E-state index contributed by atoms with van der Waals surface area (Å²) in [5.74, 6) is 0.129. The Morgan fingerprint density at radius 3 is 2.32 bits per heavy atom. The fourth-order valence-electron chi connectivity index (χ4n) is 1.69. The second kappa shape index (κ2) is 8.12. The monoisotopic (exact) mass is 305 g/mol. The minimum atomic E-state index is -0.181. The van der Waals surface area contributed by atoms with E-state index in [1.165, 1.54) is 25.7 Å². The quantitative estimate of drug-likeness (QED) is 0.790. The number of piperidine rings is 1. The topological polar surface area (TPSA) is 49.8 Å². The molecular formula is C13H17Cl2NO3.